The smallest absolute Gasteiger partial charge is 0.352 e. The number of carboxylic acids is 1. The molecule has 3 rings (SSSR count). The summed E-state index contributed by atoms with van der Waals surface area (Å²) in [6, 6.07) is -0.859. The molecule has 3 heterocycles. The Labute approximate surface area is 187 Å². The summed E-state index contributed by atoms with van der Waals surface area (Å²) >= 11 is 12.4. The van der Waals surface area contributed by atoms with Crippen molar-refractivity contribution >= 4 is 58.7 Å². The zero-order valence-electron chi connectivity index (χ0n) is 16.2. The zero-order chi connectivity index (χ0) is 22.2. The van der Waals surface area contributed by atoms with E-state index in [-0.39, 0.29) is 17.5 Å². The maximum Gasteiger partial charge on any atom is 0.352 e. The monoisotopic (exact) mass is 477 g/mol. The number of β-lactam (4-membered cyclic amide) rings is 1. The Morgan fingerprint density at radius 3 is 2.70 bits per heavy atom. The number of hydrogen-bond acceptors (Lipinski definition) is 5. The van der Waals surface area contributed by atoms with Crippen molar-refractivity contribution in [1.29, 1.82) is 0 Å². The first-order valence-corrected chi connectivity index (χ1v) is 11.3. The van der Waals surface area contributed by atoms with Gasteiger partial charge in [-0.2, -0.15) is 0 Å². The van der Waals surface area contributed by atoms with Crippen molar-refractivity contribution in [2.24, 2.45) is 11.7 Å². The van der Waals surface area contributed by atoms with Gasteiger partial charge in [-0.1, -0.05) is 29.3 Å². The van der Waals surface area contributed by atoms with Gasteiger partial charge in [-0.05, 0) is 11.6 Å². The highest BCUT2D eigenvalue weighted by molar-refractivity contribution is 8.00. The number of halogens is 2. The van der Waals surface area contributed by atoms with Gasteiger partial charge < -0.3 is 20.6 Å². The minimum absolute atomic E-state index is 0.0853. The van der Waals surface area contributed by atoms with Crippen molar-refractivity contribution in [3.8, 4) is 0 Å². The first kappa shape index (κ1) is 22.9. The number of carboxylic acid groups (broad SMARTS) is 1. The average Bonchev–Trinajstić information content (AvgIpc) is 3.07. The fourth-order valence-electron chi connectivity index (χ4n) is 4.02. The maximum atomic E-state index is 12.5. The van der Waals surface area contributed by atoms with E-state index in [0.717, 1.165) is 13.0 Å². The number of alkyl halides is 2. The van der Waals surface area contributed by atoms with Gasteiger partial charge in [0, 0.05) is 12.2 Å². The van der Waals surface area contributed by atoms with Gasteiger partial charge in [0.25, 0.3) is 11.8 Å². The summed E-state index contributed by atoms with van der Waals surface area (Å²) in [5.41, 5.74) is 5.84. The van der Waals surface area contributed by atoms with Crippen molar-refractivity contribution in [2.75, 3.05) is 32.4 Å². The van der Waals surface area contributed by atoms with Gasteiger partial charge in [-0.15, -0.1) is 11.8 Å². The number of likely N-dealkylation sites (N-methyl/N-ethyl adjacent to an activating group) is 1. The van der Waals surface area contributed by atoms with E-state index >= 15 is 0 Å². The van der Waals surface area contributed by atoms with Crippen LogP contribution >= 0.6 is 35.0 Å². The van der Waals surface area contributed by atoms with Crippen LogP contribution in [-0.4, -0.2) is 86.9 Å². The van der Waals surface area contributed by atoms with Crippen molar-refractivity contribution in [3.63, 3.8) is 0 Å². The summed E-state index contributed by atoms with van der Waals surface area (Å²) in [6.45, 7) is 2.08. The Bertz CT molecular complexity index is 848. The van der Waals surface area contributed by atoms with Gasteiger partial charge in [0.2, 0.25) is 5.91 Å². The van der Waals surface area contributed by atoms with Gasteiger partial charge in [-0.25, -0.2) is 4.79 Å². The summed E-state index contributed by atoms with van der Waals surface area (Å²) < 4.78 is 0.643. The summed E-state index contributed by atoms with van der Waals surface area (Å²) in [5, 5.41) is 11.6. The van der Waals surface area contributed by atoms with Gasteiger partial charge in [0.05, 0.1) is 32.6 Å². The second-order valence-electron chi connectivity index (χ2n) is 7.87. The highest BCUT2D eigenvalue weighted by Crippen LogP contribution is 2.40. The molecule has 2 fully saturated rings. The molecular weight excluding hydrogens is 455 g/mol. The summed E-state index contributed by atoms with van der Waals surface area (Å²) in [4.78, 5) is 47.3. The van der Waals surface area contributed by atoms with Crippen molar-refractivity contribution in [2.45, 2.75) is 22.7 Å². The number of nitrogens with zero attached hydrogens (tertiary/aromatic N) is 2. The van der Waals surface area contributed by atoms with Gasteiger partial charge in [0.1, 0.15) is 17.1 Å². The zero-order valence-corrected chi connectivity index (χ0v) is 18.5. The number of allylic oxidation sites excluding steroid dienone is 1. The van der Waals surface area contributed by atoms with Crippen LogP contribution < -0.4 is 11.1 Å². The number of aliphatic carboxylic acids is 1. The molecule has 0 spiro atoms. The van der Waals surface area contributed by atoms with E-state index in [0.29, 0.717) is 28.9 Å². The van der Waals surface area contributed by atoms with Crippen molar-refractivity contribution in [1.82, 2.24) is 10.2 Å². The Hall–Kier alpha value is -1.75. The Morgan fingerprint density at radius 1 is 1.43 bits per heavy atom. The first-order chi connectivity index (χ1) is 14.0. The van der Waals surface area contributed by atoms with Gasteiger partial charge in [-0.3, -0.25) is 19.3 Å². The van der Waals surface area contributed by atoms with E-state index < -0.39 is 34.0 Å². The van der Waals surface area contributed by atoms with Gasteiger partial charge in [0.15, 0.2) is 4.84 Å². The standard InChI is InChI=1S/C18H22Cl2N4O5S/c1-24(6-4-9(7-24)14(21)25)5-2-3-10-8-30-17-11(22-15(26)13(19)20)16(27)23(17)12(10)18(28)29/h2-3,9,11,13,17H,4-8H2,1H3,(H3-,21,22,25,26,28,29)/p+1/t9?,11-,17+,24?/m1/s1. The number of hydrogen-bond donors (Lipinski definition) is 3. The molecule has 0 aliphatic carbocycles. The normalized spacial score (nSPS) is 31.1. The minimum atomic E-state index is -1.31. The second-order valence-corrected chi connectivity index (χ2v) is 10.1. The lowest BCUT2D eigenvalue weighted by atomic mass is 10.0. The molecule has 2 unspecified atom stereocenters. The molecule has 3 amide bonds. The number of likely N-dealkylation sites (tertiary alicyclic amines) is 1. The number of rotatable bonds is 7. The Balaban J connectivity index is 1.71. The third-order valence-corrected chi connectivity index (χ3v) is 7.34. The third-order valence-electron chi connectivity index (χ3n) is 5.64. The van der Waals surface area contributed by atoms with Crippen LogP contribution in [0.25, 0.3) is 0 Å². The number of primary amides is 1. The molecule has 0 saturated carbocycles. The van der Waals surface area contributed by atoms with Crippen LogP contribution in [0.2, 0.25) is 0 Å². The highest BCUT2D eigenvalue weighted by atomic mass is 35.5. The number of carbonyl (C=O) groups excluding carboxylic acids is 3. The molecule has 3 aliphatic rings. The maximum absolute atomic E-state index is 12.5. The highest BCUT2D eigenvalue weighted by Gasteiger charge is 2.54. The van der Waals surface area contributed by atoms with E-state index in [1.807, 2.05) is 13.1 Å². The molecule has 4 N–H and O–H groups in total. The molecule has 12 heteroatoms. The molecule has 164 valence electrons. The predicted molar refractivity (Wildman–Crippen MR) is 112 cm³/mol. The lowest BCUT2D eigenvalue weighted by Gasteiger charge is -2.49. The van der Waals surface area contributed by atoms with Crippen LogP contribution in [0.15, 0.2) is 23.4 Å². The molecule has 9 nitrogen and oxygen atoms in total. The lowest BCUT2D eigenvalue weighted by Crippen LogP contribution is -2.70. The largest absolute Gasteiger partial charge is 0.477 e. The molecule has 0 aromatic carbocycles. The van der Waals surface area contributed by atoms with E-state index in [1.54, 1.807) is 6.08 Å². The topological polar surface area (TPSA) is 130 Å². The van der Waals surface area contributed by atoms with Crippen LogP contribution in [0.5, 0.6) is 0 Å². The molecule has 0 aromatic heterocycles. The van der Waals surface area contributed by atoms with E-state index in [4.69, 9.17) is 28.9 Å². The Kier molecular flexibility index (Phi) is 6.71. The fourth-order valence-corrected chi connectivity index (χ4v) is 5.46. The molecule has 0 aromatic rings. The third kappa shape index (κ3) is 4.46. The summed E-state index contributed by atoms with van der Waals surface area (Å²) in [6.07, 6.45) is 4.33. The number of thioether (sulfide) groups is 1. The predicted octanol–water partition coefficient (Wildman–Crippen LogP) is 0.0367. The number of carbonyl (C=O) groups is 4. The van der Waals surface area contributed by atoms with Crippen LogP contribution in [0.1, 0.15) is 6.42 Å². The summed E-state index contributed by atoms with van der Waals surface area (Å²) in [7, 11) is 2.03. The molecule has 30 heavy (non-hydrogen) atoms. The van der Waals surface area contributed by atoms with Crippen LogP contribution in [0.4, 0.5) is 0 Å². The molecule has 4 atom stereocenters. The molecule has 3 aliphatic heterocycles. The molecular formula is C18H23Cl2N4O5S+. The minimum Gasteiger partial charge on any atom is -0.477 e. The van der Waals surface area contributed by atoms with Crippen molar-refractivity contribution < 1.29 is 28.8 Å². The molecule has 0 radical (unpaired) electrons. The molecule has 2 saturated heterocycles. The molecule has 0 bridgehead atoms. The van der Waals surface area contributed by atoms with Crippen LogP contribution in [0, 0.1) is 5.92 Å². The number of fused-ring (bicyclic) bond motifs is 1. The van der Waals surface area contributed by atoms with E-state index in [1.165, 1.54) is 16.7 Å². The number of amides is 3. The van der Waals surface area contributed by atoms with E-state index in [9.17, 15) is 24.3 Å². The summed E-state index contributed by atoms with van der Waals surface area (Å²) in [5.74, 6) is -2.48. The Morgan fingerprint density at radius 2 is 2.13 bits per heavy atom. The lowest BCUT2D eigenvalue weighted by molar-refractivity contribution is -0.892. The van der Waals surface area contributed by atoms with Crippen LogP contribution in [-0.2, 0) is 19.2 Å². The number of nitrogens with one attached hydrogen (secondary N) is 1. The second kappa shape index (κ2) is 8.78. The van der Waals surface area contributed by atoms with E-state index in [2.05, 4.69) is 5.32 Å². The van der Waals surface area contributed by atoms with Gasteiger partial charge >= 0.3 is 5.97 Å². The number of quaternary nitrogens is 1. The fraction of sp³-hybridized carbons (Fsp3) is 0.556. The number of nitrogens with two attached hydrogens (primary N) is 1. The SMILES string of the molecule is C[N+]1(CC=CC2=C(C(=O)O)N3C(=O)[C@@H](NC(=O)C(Cl)Cl)[C@@H]3SC2)CCC(C(N)=O)C1. The average molecular weight is 478 g/mol. The van der Waals surface area contributed by atoms with Crippen LogP contribution in [0.3, 0.4) is 0 Å². The van der Waals surface area contributed by atoms with Crippen molar-refractivity contribution in [3.05, 3.63) is 23.4 Å². The first-order valence-electron chi connectivity index (χ1n) is 9.33. The quantitative estimate of drug-likeness (QED) is 0.269.